The van der Waals surface area contributed by atoms with E-state index in [0.29, 0.717) is 81.6 Å². The van der Waals surface area contributed by atoms with Crippen molar-refractivity contribution in [1.29, 1.82) is 0 Å². The summed E-state index contributed by atoms with van der Waals surface area (Å²) in [4.78, 5) is 153. The topological polar surface area (TPSA) is 385 Å². The highest BCUT2D eigenvalue weighted by atomic mass is 32.2. The van der Waals surface area contributed by atoms with E-state index in [9.17, 15) is 52.6 Å². The zero-order chi connectivity index (χ0) is 69.5. The fourth-order valence-electron chi connectivity index (χ4n) is 12.5. The number of aromatic hydroxyl groups is 1. The van der Waals surface area contributed by atoms with Gasteiger partial charge in [-0.05, 0) is 142 Å². The standard InChI is InChI=1S/C68H83F2N13O12S2/c1-38(84)59-64(92)79-53(27-39-12-16-46(85)17-13-39)66(94)83-24-7-21-68(83,2)67(95)80-55(60(72)88)37-97-36-41-9-5-8-40(26-41)35-96-25-20-57(86)76-51(10-3-4-22-71)61(89)75-34-58(87)77-52(28-42-32-73-49-18-14-44(69)30-47(42)49)62(90)78-54(65(93)82-23-6-11-56(82)63(91)81-59)29-43-33-74-50-19-15-45(70)31-48(43)50/h5,8-9,12-19,26,30-33,38,51-56,59,73-74,84-85H,3-4,6-7,10-11,20-25,27-29,34-37,71H2,1-2H3,(H2,72,88)(H,75,89)(H,76,86)(H,77,87)(H,78,90)(H,79,92)(H,80,95)(H,81,91)/t38-,51+,52+,53+,54+,55+,56+,59+,68+/m1/s1. The molecule has 15 N–H and O–H groups in total. The Labute approximate surface area is 567 Å². The van der Waals surface area contributed by atoms with E-state index in [1.807, 2.05) is 24.3 Å². The Hall–Kier alpha value is -9.06. The normalized spacial score (nSPS) is 24.2. The van der Waals surface area contributed by atoms with Gasteiger partial charge in [-0.1, -0.05) is 36.4 Å². The van der Waals surface area contributed by atoms with Crippen LogP contribution in [0.1, 0.15) is 93.0 Å². The number of fused-ring (bicyclic) bond motifs is 6. The van der Waals surface area contributed by atoms with Gasteiger partial charge < -0.3 is 78.7 Å². The minimum absolute atomic E-state index is 0.0313. The molecule has 0 radical (unpaired) electrons. The number of H-pyrrole nitrogens is 2. The number of aliphatic hydroxyl groups excluding tert-OH is 1. The number of nitrogens with one attached hydrogen (secondary N) is 9. The highest BCUT2D eigenvalue weighted by Gasteiger charge is 2.49. The summed E-state index contributed by atoms with van der Waals surface area (Å²) in [7, 11) is 0. The van der Waals surface area contributed by atoms with E-state index in [-0.39, 0.29) is 76.0 Å². The van der Waals surface area contributed by atoms with Crippen LogP contribution in [0.4, 0.5) is 8.78 Å². The molecular weight excluding hydrogens is 1290 g/mol. The van der Waals surface area contributed by atoms with Crippen molar-refractivity contribution >= 4 is 104 Å². The molecule has 9 atom stereocenters. The second kappa shape index (κ2) is 33.3. The summed E-state index contributed by atoms with van der Waals surface area (Å²) in [6.07, 6.45) is 2.61. The van der Waals surface area contributed by atoms with Gasteiger partial charge in [-0.2, -0.15) is 23.5 Å². The van der Waals surface area contributed by atoms with Crippen LogP contribution in [0.3, 0.4) is 0 Å². The van der Waals surface area contributed by atoms with E-state index < -0.39 is 131 Å². The van der Waals surface area contributed by atoms with Gasteiger partial charge in [0.15, 0.2) is 0 Å². The number of unbranched alkanes of at least 4 members (excludes halogenated alkanes) is 1. The maximum atomic E-state index is 15.4. The van der Waals surface area contributed by atoms with Crippen LogP contribution in [0.25, 0.3) is 21.8 Å². The van der Waals surface area contributed by atoms with Crippen molar-refractivity contribution in [1.82, 2.24) is 57.0 Å². The molecule has 5 heterocycles. The Morgan fingerprint density at radius 1 is 0.680 bits per heavy atom. The third-order valence-electron chi connectivity index (χ3n) is 17.8. The van der Waals surface area contributed by atoms with Crippen molar-refractivity contribution in [3.05, 3.63) is 137 Å². The number of phenolic OH excluding ortho intramolecular Hbond substituents is 1. The molecule has 2 saturated heterocycles. The molecule has 2 fully saturated rings. The number of carbonyl (C=O) groups excluding carboxylic acids is 10. The quantitative estimate of drug-likeness (QED) is 0.0784. The monoisotopic (exact) mass is 1380 g/mol. The van der Waals surface area contributed by atoms with E-state index >= 15 is 14.4 Å². The number of amides is 10. The van der Waals surface area contributed by atoms with Gasteiger partial charge in [0.05, 0.1) is 12.6 Å². The lowest BCUT2D eigenvalue weighted by Gasteiger charge is -2.37. The molecule has 29 heteroatoms. The number of aromatic nitrogens is 2. The number of hydrogen-bond acceptors (Lipinski definition) is 15. The Morgan fingerprint density at radius 3 is 1.96 bits per heavy atom. The Morgan fingerprint density at radius 2 is 1.31 bits per heavy atom. The molecule has 0 aliphatic carbocycles. The average molecular weight is 1380 g/mol. The molecule has 518 valence electrons. The lowest BCUT2D eigenvalue weighted by atomic mass is 9.95. The zero-order valence-electron chi connectivity index (χ0n) is 53.9. The smallest absolute Gasteiger partial charge is 0.246 e. The summed E-state index contributed by atoms with van der Waals surface area (Å²) in [5.41, 5.74) is 14.1. The molecule has 10 amide bonds. The Kier molecular flexibility index (Phi) is 24.8. The number of rotatable bonds is 12. The molecule has 2 aromatic heterocycles. The third kappa shape index (κ3) is 18.7. The van der Waals surface area contributed by atoms with E-state index in [1.54, 1.807) is 6.92 Å². The van der Waals surface area contributed by atoms with E-state index in [4.69, 9.17) is 11.5 Å². The molecule has 2 bridgehead atoms. The zero-order valence-corrected chi connectivity index (χ0v) is 55.5. The third-order valence-corrected chi connectivity index (χ3v) is 20.0. The Balaban J connectivity index is 1.03. The summed E-state index contributed by atoms with van der Waals surface area (Å²) in [6, 6.07) is 11.5. The molecule has 4 aromatic carbocycles. The van der Waals surface area contributed by atoms with Crippen molar-refractivity contribution in [2.45, 2.75) is 150 Å². The van der Waals surface area contributed by atoms with Gasteiger partial charge in [-0.15, -0.1) is 0 Å². The van der Waals surface area contributed by atoms with E-state index in [1.165, 1.54) is 113 Å². The number of primary amides is 1. The number of thioether (sulfide) groups is 2. The van der Waals surface area contributed by atoms with Gasteiger partial charge in [0.2, 0.25) is 59.1 Å². The first-order valence-corrected chi connectivity index (χ1v) is 34.7. The highest BCUT2D eigenvalue weighted by molar-refractivity contribution is 7.98. The van der Waals surface area contributed by atoms with Gasteiger partial charge in [-0.25, -0.2) is 8.78 Å². The number of hydrogen-bond donors (Lipinski definition) is 13. The predicted molar refractivity (Wildman–Crippen MR) is 362 cm³/mol. The number of benzene rings is 4. The van der Waals surface area contributed by atoms with Crippen molar-refractivity contribution in [2.24, 2.45) is 11.5 Å². The summed E-state index contributed by atoms with van der Waals surface area (Å²) in [5.74, 6) is -7.75. The van der Waals surface area contributed by atoms with Crippen LogP contribution in [-0.2, 0) is 78.7 Å². The van der Waals surface area contributed by atoms with Crippen molar-refractivity contribution in [2.75, 3.05) is 37.7 Å². The van der Waals surface area contributed by atoms with Crippen LogP contribution >= 0.6 is 23.5 Å². The number of aromatic amines is 2. The molecule has 0 spiro atoms. The molecule has 0 unspecified atom stereocenters. The van der Waals surface area contributed by atoms with Crippen molar-refractivity contribution in [3.63, 3.8) is 0 Å². The number of nitrogens with two attached hydrogens (primary N) is 2. The van der Waals surface area contributed by atoms with Crippen LogP contribution in [0.2, 0.25) is 0 Å². The second-order valence-corrected chi connectivity index (χ2v) is 27.1. The molecule has 25 nitrogen and oxygen atoms in total. The van der Waals surface area contributed by atoms with Crippen LogP contribution in [0.15, 0.2) is 97.3 Å². The van der Waals surface area contributed by atoms with Crippen molar-refractivity contribution < 1.29 is 66.9 Å². The predicted octanol–water partition coefficient (Wildman–Crippen LogP) is 2.62. The number of aliphatic hydroxyl groups is 1. The Bertz CT molecular complexity index is 3870. The van der Waals surface area contributed by atoms with Crippen LogP contribution in [0, 0.1) is 11.6 Å². The number of nitrogens with zero attached hydrogens (tertiary/aromatic N) is 2. The summed E-state index contributed by atoms with van der Waals surface area (Å²) in [6.45, 7) is 2.41. The average Bonchev–Trinajstić information content (AvgIpc) is 1.74. The van der Waals surface area contributed by atoms with Gasteiger partial charge in [-0.3, -0.25) is 47.9 Å². The number of carbonyl (C=O) groups is 10. The van der Waals surface area contributed by atoms with Gasteiger partial charge in [0.1, 0.15) is 65.2 Å². The number of halogens is 2. The van der Waals surface area contributed by atoms with Gasteiger partial charge in [0, 0.05) is 96.0 Å². The first kappa shape index (κ1) is 72.2. The minimum atomic E-state index is -1.77. The first-order chi connectivity index (χ1) is 46.5. The fraction of sp³-hybridized carbons (Fsp3) is 0.441. The lowest BCUT2D eigenvalue weighted by molar-refractivity contribution is -0.147. The second-order valence-electron chi connectivity index (χ2n) is 25.0. The fourth-order valence-corrected chi connectivity index (χ4v) is 14.4. The molecule has 3 aliphatic heterocycles. The molecular formula is C68H83F2N13O12S2. The molecule has 9 rings (SSSR count). The first-order valence-electron chi connectivity index (χ1n) is 32.4. The lowest BCUT2D eigenvalue weighted by Crippen LogP contribution is -2.64. The summed E-state index contributed by atoms with van der Waals surface area (Å²) in [5, 5.41) is 41.1. The van der Waals surface area contributed by atoms with E-state index in [0.717, 1.165) is 11.1 Å². The molecule has 3 aliphatic rings. The minimum Gasteiger partial charge on any atom is -0.508 e. The highest BCUT2D eigenvalue weighted by Crippen LogP contribution is 2.32. The van der Waals surface area contributed by atoms with Crippen LogP contribution in [0.5, 0.6) is 5.75 Å². The number of phenols is 1. The van der Waals surface area contributed by atoms with Crippen LogP contribution < -0.4 is 48.7 Å². The summed E-state index contributed by atoms with van der Waals surface area (Å²) >= 11 is 2.82. The largest absolute Gasteiger partial charge is 0.508 e. The summed E-state index contributed by atoms with van der Waals surface area (Å²) < 4.78 is 29.8. The molecule has 0 saturated carbocycles. The van der Waals surface area contributed by atoms with Crippen molar-refractivity contribution in [3.8, 4) is 5.75 Å². The van der Waals surface area contributed by atoms with Crippen LogP contribution in [-0.4, -0.2) is 181 Å². The van der Waals surface area contributed by atoms with Gasteiger partial charge in [0.25, 0.3) is 0 Å². The SMILES string of the molecule is C[C@@H](O)[C@@H]1NC(=O)[C@@H]2CCCN2C(=O)[C@H](Cc2c[nH]c3ccc(F)cc23)NC(=O)[C@H](Cc2c[nH]c3ccc(F)cc23)NC(=O)CNC(=O)[C@H](CCCCN)NC(=O)CCSCc2cccc(c2)CSC[C@@H](C(N)=O)NC(=O)[C@]2(C)CCCN2C(=O)[C@H](Cc2ccc(O)cc2)NC1=O. The maximum Gasteiger partial charge on any atom is 0.246 e. The molecule has 97 heavy (non-hydrogen) atoms. The van der Waals surface area contributed by atoms with Gasteiger partial charge >= 0.3 is 0 Å². The van der Waals surface area contributed by atoms with E-state index in [2.05, 4.69) is 47.2 Å². The molecule has 6 aromatic rings. The maximum absolute atomic E-state index is 15.4.